The Hall–Kier alpha value is -3.38. The smallest absolute Gasteiger partial charge is 0.294 e. The predicted molar refractivity (Wildman–Crippen MR) is 122 cm³/mol. The van der Waals surface area contributed by atoms with Crippen LogP contribution in [0.2, 0.25) is 0 Å². The summed E-state index contributed by atoms with van der Waals surface area (Å²) in [6, 6.07) is 16.3. The van der Waals surface area contributed by atoms with Crippen LogP contribution in [0, 0.1) is 0 Å². The second-order valence-electron chi connectivity index (χ2n) is 6.81. The minimum atomic E-state index is -4.55. The van der Waals surface area contributed by atoms with Crippen LogP contribution in [0.1, 0.15) is 0 Å². The molecule has 4 rings (SSSR count). The van der Waals surface area contributed by atoms with Crippen LogP contribution in [0.4, 0.5) is 17.1 Å². The van der Waals surface area contributed by atoms with Crippen LogP contribution in [0.25, 0.3) is 21.5 Å². The molecule has 0 aliphatic carbocycles. The van der Waals surface area contributed by atoms with Crippen molar-refractivity contribution in [1.82, 2.24) is 0 Å². The molecule has 0 heterocycles. The first-order chi connectivity index (χ1) is 15.2. The lowest BCUT2D eigenvalue weighted by Crippen LogP contribution is -2.01. The van der Waals surface area contributed by atoms with Gasteiger partial charge in [0.15, 0.2) is 16.8 Å². The molecule has 4 aromatic carbocycles. The van der Waals surface area contributed by atoms with Gasteiger partial charge in [0.05, 0.1) is 15.5 Å². The number of aromatic hydroxyl groups is 1. The third-order valence-corrected chi connectivity index (χ3v) is 6.42. The highest BCUT2D eigenvalue weighted by molar-refractivity contribution is 7.85. The van der Waals surface area contributed by atoms with Crippen molar-refractivity contribution in [2.24, 2.45) is 10.2 Å². The first kappa shape index (κ1) is 21.8. The Morgan fingerprint density at radius 3 is 2.38 bits per heavy atom. The number of fused-ring (bicyclic) bond motifs is 2. The van der Waals surface area contributed by atoms with E-state index in [-0.39, 0.29) is 27.0 Å². The number of phenols is 1. The van der Waals surface area contributed by atoms with Gasteiger partial charge < -0.3 is 15.0 Å². The van der Waals surface area contributed by atoms with Crippen LogP contribution in [0.15, 0.2) is 80.7 Å². The molecule has 0 bridgehead atoms. The molecule has 0 spiro atoms. The van der Waals surface area contributed by atoms with Gasteiger partial charge in [0.1, 0.15) is 5.69 Å². The quantitative estimate of drug-likeness (QED) is 0.182. The Bertz CT molecular complexity index is 1530. The van der Waals surface area contributed by atoms with Crippen LogP contribution in [-0.2, 0) is 21.2 Å². The molecule has 4 N–H and O–H groups in total. The molecule has 4 aromatic rings. The Balaban J connectivity index is 1.98. The van der Waals surface area contributed by atoms with E-state index in [1.54, 1.807) is 12.1 Å². The van der Waals surface area contributed by atoms with E-state index in [1.165, 1.54) is 13.1 Å². The zero-order valence-corrected chi connectivity index (χ0v) is 18.2. The van der Waals surface area contributed by atoms with Crippen molar-refractivity contribution in [1.29, 1.82) is 0 Å². The summed E-state index contributed by atoms with van der Waals surface area (Å²) in [5.74, 6) is -0.463. The summed E-state index contributed by atoms with van der Waals surface area (Å²) in [4.78, 5) is -0.706. The molecule has 0 radical (unpaired) electrons. The summed E-state index contributed by atoms with van der Waals surface area (Å²) in [5, 5.41) is 23.9. The average molecular weight is 472 g/mol. The molecule has 164 valence electrons. The third-order valence-electron chi connectivity index (χ3n) is 4.90. The zero-order valence-electron chi connectivity index (χ0n) is 16.6. The second kappa shape index (κ2) is 8.28. The van der Waals surface area contributed by atoms with Gasteiger partial charge in [-0.1, -0.05) is 36.4 Å². The van der Waals surface area contributed by atoms with Gasteiger partial charge in [-0.3, -0.25) is 4.55 Å². The summed E-state index contributed by atoms with van der Waals surface area (Å²) in [5.41, 5.74) is 0.430. The fourth-order valence-corrected chi connectivity index (χ4v) is 4.51. The van der Waals surface area contributed by atoms with Crippen molar-refractivity contribution < 1.29 is 26.8 Å². The van der Waals surface area contributed by atoms with Crippen LogP contribution in [0.3, 0.4) is 0 Å². The summed E-state index contributed by atoms with van der Waals surface area (Å²) < 4.78 is 54.4. The van der Waals surface area contributed by atoms with E-state index < -0.39 is 31.8 Å². The molecule has 0 aromatic heterocycles. The number of nitrogens with one attached hydrogen (secondary N) is 1. The minimum Gasteiger partial charge on any atom is -0.505 e. The van der Waals surface area contributed by atoms with E-state index in [0.29, 0.717) is 5.69 Å². The summed E-state index contributed by atoms with van der Waals surface area (Å²) in [6.07, 6.45) is 0. The number of nitrogens with zero attached hydrogens (tertiary/aromatic N) is 2. The van der Waals surface area contributed by atoms with Crippen LogP contribution in [-0.4, -0.2) is 33.9 Å². The predicted octanol–water partition coefficient (Wildman–Crippen LogP) is 4.98. The van der Waals surface area contributed by atoms with Crippen LogP contribution < -0.4 is 5.32 Å². The molecule has 0 fully saturated rings. The standard InChI is InChI=1S/C21H17N3O6S2/c1-22-17-11-14(32(28,29)30)9-13-10-18(31(26)27)20(21(25)19(13)17)24-23-16-8-4-6-12-5-2-3-7-15(12)16/h2-11,22,25H,1H3,(H,26,27)(H,28,29,30). The lowest BCUT2D eigenvalue weighted by Gasteiger charge is -2.13. The maximum atomic E-state index is 12.0. The molecule has 9 nitrogen and oxygen atoms in total. The highest BCUT2D eigenvalue weighted by atomic mass is 32.2. The van der Waals surface area contributed by atoms with Gasteiger partial charge >= 0.3 is 0 Å². The van der Waals surface area contributed by atoms with E-state index in [2.05, 4.69) is 15.5 Å². The lowest BCUT2D eigenvalue weighted by atomic mass is 10.1. The summed E-state index contributed by atoms with van der Waals surface area (Å²) in [6.45, 7) is 0. The molecule has 0 aliphatic rings. The van der Waals surface area contributed by atoms with Gasteiger partial charge in [-0.15, -0.1) is 10.2 Å². The molecular weight excluding hydrogens is 454 g/mol. The maximum Gasteiger partial charge on any atom is 0.294 e. The summed E-state index contributed by atoms with van der Waals surface area (Å²) >= 11 is -2.57. The van der Waals surface area contributed by atoms with Gasteiger partial charge in [0.2, 0.25) is 0 Å². The maximum absolute atomic E-state index is 12.0. The normalized spacial score (nSPS) is 13.1. The fraction of sp³-hybridized carbons (Fsp3) is 0.0476. The number of anilines is 1. The molecule has 11 heteroatoms. The fourth-order valence-electron chi connectivity index (χ4n) is 3.44. The molecule has 0 saturated carbocycles. The highest BCUT2D eigenvalue weighted by Gasteiger charge is 2.22. The lowest BCUT2D eigenvalue weighted by molar-refractivity contribution is 0.479. The van der Waals surface area contributed by atoms with Gasteiger partial charge in [0, 0.05) is 23.5 Å². The number of hydrogen-bond acceptors (Lipinski definition) is 7. The first-order valence-corrected chi connectivity index (χ1v) is 11.7. The van der Waals surface area contributed by atoms with Gasteiger partial charge in [-0.25, -0.2) is 4.21 Å². The van der Waals surface area contributed by atoms with Crippen LogP contribution >= 0.6 is 0 Å². The third kappa shape index (κ3) is 3.94. The number of phenolic OH excluding ortho intramolecular Hbond substituents is 1. The topological polar surface area (TPSA) is 149 Å². The monoisotopic (exact) mass is 471 g/mol. The second-order valence-corrected chi connectivity index (χ2v) is 9.17. The number of azo groups is 1. The van der Waals surface area contributed by atoms with E-state index in [9.17, 15) is 26.8 Å². The van der Waals surface area contributed by atoms with E-state index in [0.717, 1.165) is 22.9 Å². The molecule has 32 heavy (non-hydrogen) atoms. The number of hydrogen-bond donors (Lipinski definition) is 4. The van der Waals surface area contributed by atoms with Gasteiger partial charge in [0.25, 0.3) is 10.1 Å². The Morgan fingerprint density at radius 2 is 1.69 bits per heavy atom. The molecule has 0 aliphatic heterocycles. The zero-order chi connectivity index (χ0) is 23.0. The minimum absolute atomic E-state index is 0.114. The SMILES string of the molecule is CNc1cc(S(=O)(=O)O)cc2cc(S(=O)O)c(N=Nc3cccc4ccccc34)c(O)c12. The van der Waals surface area contributed by atoms with Crippen molar-refractivity contribution >= 4 is 59.8 Å². The Kier molecular flexibility index (Phi) is 5.65. The van der Waals surface area contributed by atoms with E-state index in [4.69, 9.17) is 0 Å². The number of benzene rings is 4. The molecule has 0 saturated heterocycles. The Labute approximate surface area is 185 Å². The highest BCUT2D eigenvalue weighted by Crippen LogP contribution is 2.44. The largest absolute Gasteiger partial charge is 0.505 e. The molecule has 0 amide bonds. The van der Waals surface area contributed by atoms with Gasteiger partial charge in [-0.2, -0.15) is 8.42 Å². The van der Waals surface area contributed by atoms with Crippen LogP contribution in [0.5, 0.6) is 5.75 Å². The molecular formula is C21H17N3O6S2. The number of rotatable bonds is 5. The summed E-state index contributed by atoms with van der Waals surface area (Å²) in [7, 11) is -3.05. The van der Waals surface area contributed by atoms with E-state index >= 15 is 0 Å². The molecule has 1 unspecified atom stereocenters. The van der Waals surface area contributed by atoms with Crippen molar-refractivity contribution in [2.75, 3.05) is 12.4 Å². The van der Waals surface area contributed by atoms with Crippen molar-refractivity contribution in [3.05, 3.63) is 60.7 Å². The Morgan fingerprint density at radius 1 is 0.969 bits per heavy atom. The molecule has 1 atom stereocenters. The van der Waals surface area contributed by atoms with Crippen molar-refractivity contribution in [2.45, 2.75) is 9.79 Å². The first-order valence-electron chi connectivity index (χ1n) is 9.20. The average Bonchev–Trinajstić information content (AvgIpc) is 2.76. The van der Waals surface area contributed by atoms with E-state index in [1.807, 2.05) is 30.3 Å². The van der Waals surface area contributed by atoms with Crippen molar-refractivity contribution in [3.63, 3.8) is 0 Å². The van der Waals surface area contributed by atoms with Gasteiger partial charge in [-0.05, 0) is 35.0 Å². The van der Waals surface area contributed by atoms with Crippen molar-refractivity contribution in [3.8, 4) is 5.75 Å².